The fraction of sp³-hybridized carbons (Fsp3) is 0.357. The molecule has 1 N–H and O–H groups in total. The minimum atomic E-state index is -3.60. The monoisotopic (exact) mass is 371 g/mol. The van der Waals surface area contributed by atoms with E-state index in [0.717, 1.165) is 23.0 Å². The van der Waals surface area contributed by atoms with Crippen molar-refractivity contribution >= 4 is 26.0 Å². The number of nitrogens with one attached hydrogen (secondary N) is 1. The van der Waals surface area contributed by atoms with Gasteiger partial charge in [0.25, 0.3) is 10.0 Å². The van der Waals surface area contributed by atoms with Gasteiger partial charge in [0.05, 0.1) is 0 Å². The van der Waals surface area contributed by atoms with Crippen molar-refractivity contribution in [2.45, 2.75) is 38.4 Å². The van der Waals surface area contributed by atoms with Crippen LogP contribution in [0.5, 0.6) is 0 Å². The molecule has 1 heterocycles. The molecule has 0 aliphatic heterocycles. The highest BCUT2D eigenvalue weighted by atomic mass is 79.9. The van der Waals surface area contributed by atoms with Crippen molar-refractivity contribution in [1.82, 2.24) is 14.3 Å². The van der Waals surface area contributed by atoms with Crippen LogP contribution in [0.25, 0.3) is 0 Å². The lowest BCUT2D eigenvalue weighted by Crippen LogP contribution is -2.23. The molecule has 0 fully saturated rings. The smallest absolute Gasteiger partial charge is 0.259 e. The van der Waals surface area contributed by atoms with Crippen LogP contribution in [0.1, 0.15) is 24.7 Å². The predicted octanol–water partition coefficient (Wildman–Crippen LogP) is 2.84. The summed E-state index contributed by atoms with van der Waals surface area (Å²) in [5.41, 5.74) is 0.880. The number of rotatable bonds is 6. The topological polar surface area (TPSA) is 64.0 Å². The summed E-state index contributed by atoms with van der Waals surface area (Å²) in [5, 5.41) is 0.0699. The normalized spacial score (nSPS) is 11.8. The fourth-order valence-corrected chi connectivity index (χ4v) is 3.40. The van der Waals surface area contributed by atoms with Crippen molar-refractivity contribution in [1.29, 1.82) is 0 Å². The number of imidazole rings is 1. The number of sulfonamides is 1. The van der Waals surface area contributed by atoms with E-state index in [0.29, 0.717) is 5.82 Å². The number of nitrogens with zero attached hydrogens (tertiary/aromatic N) is 2. The van der Waals surface area contributed by atoms with Crippen molar-refractivity contribution in [3.05, 3.63) is 46.3 Å². The average Bonchev–Trinajstić information content (AvgIpc) is 2.81. The first-order chi connectivity index (χ1) is 9.94. The summed E-state index contributed by atoms with van der Waals surface area (Å²) in [6.45, 7) is 4.84. The van der Waals surface area contributed by atoms with Gasteiger partial charge < -0.3 is 4.57 Å². The molecule has 0 amide bonds. The molecule has 5 nitrogen and oxygen atoms in total. The molecule has 0 spiro atoms. The van der Waals surface area contributed by atoms with Gasteiger partial charge in [-0.3, -0.25) is 0 Å². The quantitative estimate of drug-likeness (QED) is 0.848. The van der Waals surface area contributed by atoms with Crippen molar-refractivity contribution in [3.63, 3.8) is 0 Å². The standard InChI is InChI=1S/C14H18BrN3O2S/c1-3-8-18-10-14(17-11(18)2)21(19,20)16-9-12-6-4-5-7-13(12)15/h4-7,10,16H,3,8-9H2,1-2H3. The van der Waals surface area contributed by atoms with Gasteiger partial charge in [-0.1, -0.05) is 41.1 Å². The first-order valence-electron chi connectivity index (χ1n) is 6.71. The number of hydrogen-bond donors (Lipinski definition) is 1. The molecule has 1 aromatic heterocycles. The van der Waals surface area contributed by atoms with Gasteiger partial charge in [-0.05, 0) is 25.0 Å². The van der Waals surface area contributed by atoms with Crippen LogP contribution < -0.4 is 4.72 Å². The highest BCUT2D eigenvalue weighted by Crippen LogP contribution is 2.17. The van der Waals surface area contributed by atoms with Gasteiger partial charge in [-0.15, -0.1) is 0 Å². The Labute approximate surface area is 133 Å². The maximum absolute atomic E-state index is 12.3. The molecule has 1 aromatic carbocycles. The average molecular weight is 372 g/mol. The lowest BCUT2D eigenvalue weighted by atomic mass is 10.2. The maximum atomic E-state index is 12.3. The molecular weight excluding hydrogens is 354 g/mol. The van der Waals surface area contributed by atoms with Crippen LogP contribution >= 0.6 is 15.9 Å². The van der Waals surface area contributed by atoms with E-state index < -0.39 is 10.0 Å². The van der Waals surface area contributed by atoms with Crippen LogP contribution in [-0.4, -0.2) is 18.0 Å². The number of aromatic nitrogens is 2. The number of aryl methyl sites for hydroxylation is 2. The summed E-state index contributed by atoms with van der Waals surface area (Å²) < 4.78 is 29.9. The van der Waals surface area contributed by atoms with E-state index >= 15 is 0 Å². The predicted molar refractivity (Wildman–Crippen MR) is 85.4 cm³/mol. The van der Waals surface area contributed by atoms with Crippen LogP contribution in [0, 0.1) is 6.92 Å². The summed E-state index contributed by atoms with van der Waals surface area (Å²) in [5.74, 6) is 0.707. The fourth-order valence-electron chi connectivity index (χ4n) is 1.96. The molecular formula is C14H18BrN3O2S. The molecule has 0 aliphatic rings. The molecule has 114 valence electrons. The van der Waals surface area contributed by atoms with Crippen LogP contribution in [0.2, 0.25) is 0 Å². The number of benzene rings is 1. The minimum Gasteiger partial charge on any atom is -0.334 e. The Bertz CT molecular complexity index is 726. The van der Waals surface area contributed by atoms with Crippen LogP contribution in [0.3, 0.4) is 0 Å². The maximum Gasteiger partial charge on any atom is 0.259 e. The molecule has 0 atom stereocenters. The first kappa shape index (κ1) is 16.2. The first-order valence-corrected chi connectivity index (χ1v) is 8.98. The lowest BCUT2D eigenvalue weighted by Gasteiger charge is -2.06. The molecule has 0 radical (unpaired) electrons. The zero-order valence-corrected chi connectivity index (χ0v) is 14.4. The Balaban J connectivity index is 2.15. The second-order valence-corrected chi connectivity index (χ2v) is 7.30. The Morgan fingerprint density at radius 1 is 1.33 bits per heavy atom. The number of hydrogen-bond acceptors (Lipinski definition) is 3. The molecule has 21 heavy (non-hydrogen) atoms. The Hall–Kier alpha value is -1.18. The second-order valence-electron chi connectivity index (χ2n) is 4.74. The Morgan fingerprint density at radius 3 is 2.71 bits per heavy atom. The minimum absolute atomic E-state index is 0.0699. The second kappa shape index (κ2) is 6.72. The van der Waals surface area contributed by atoms with Gasteiger partial charge >= 0.3 is 0 Å². The molecule has 2 rings (SSSR count). The van der Waals surface area contributed by atoms with Gasteiger partial charge in [-0.25, -0.2) is 18.1 Å². The molecule has 0 aliphatic carbocycles. The Kier molecular flexibility index (Phi) is 5.18. The van der Waals surface area contributed by atoms with Crippen LogP contribution in [0.15, 0.2) is 40.0 Å². The van der Waals surface area contributed by atoms with E-state index in [9.17, 15) is 8.42 Å². The Morgan fingerprint density at radius 2 is 2.05 bits per heavy atom. The third kappa shape index (κ3) is 3.93. The van der Waals surface area contributed by atoms with Crippen molar-refractivity contribution in [3.8, 4) is 0 Å². The molecule has 2 aromatic rings. The van der Waals surface area contributed by atoms with Crippen molar-refractivity contribution in [2.75, 3.05) is 0 Å². The van der Waals surface area contributed by atoms with Crippen LogP contribution in [0.4, 0.5) is 0 Å². The summed E-state index contributed by atoms with van der Waals surface area (Å²) in [4.78, 5) is 4.14. The van der Waals surface area contributed by atoms with E-state index in [1.807, 2.05) is 42.7 Å². The summed E-state index contributed by atoms with van der Waals surface area (Å²) in [7, 11) is -3.60. The zero-order valence-electron chi connectivity index (χ0n) is 12.0. The molecule has 0 unspecified atom stereocenters. The van der Waals surface area contributed by atoms with E-state index in [4.69, 9.17) is 0 Å². The third-order valence-electron chi connectivity index (χ3n) is 3.10. The van der Waals surface area contributed by atoms with E-state index in [1.165, 1.54) is 0 Å². The van der Waals surface area contributed by atoms with Crippen LogP contribution in [-0.2, 0) is 23.1 Å². The van der Waals surface area contributed by atoms with Gasteiger partial charge in [-0.2, -0.15) is 0 Å². The van der Waals surface area contributed by atoms with E-state index in [2.05, 4.69) is 25.6 Å². The molecule has 0 bridgehead atoms. The molecule has 0 saturated heterocycles. The third-order valence-corrected chi connectivity index (χ3v) is 5.15. The number of halogens is 1. The van der Waals surface area contributed by atoms with Gasteiger partial charge in [0, 0.05) is 23.8 Å². The van der Waals surface area contributed by atoms with Gasteiger partial charge in [0.1, 0.15) is 5.82 Å². The van der Waals surface area contributed by atoms with Crippen molar-refractivity contribution in [2.24, 2.45) is 0 Å². The lowest BCUT2D eigenvalue weighted by molar-refractivity contribution is 0.577. The van der Waals surface area contributed by atoms with E-state index in [1.54, 1.807) is 6.20 Å². The van der Waals surface area contributed by atoms with Gasteiger partial charge in [0.2, 0.25) is 0 Å². The molecule has 7 heteroatoms. The SMILES string of the molecule is CCCn1cc(S(=O)(=O)NCc2ccccc2Br)nc1C. The summed E-state index contributed by atoms with van der Waals surface area (Å²) in [6, 6.07) is 7.50. The summed E-state index contributed by atoms with van der Waals surface area (Å²) in [6.07, 6.45) is 2.52. The molecule has 0 saturated carbocycles. The van der Waals surface area contributed by atoms with E-state index in [-0.39, 0.29) is 11.6 Å². The summed E-state index contributed by atoms with van der Waals surface area (Å²) >= 11 is 3.40. The van der Waals surface area contributed by atoms with Crippen molar-refractivity contribution < 1.29 is 8.42 Å². The highest BCUT2D eigenvalue weighted by Gasteiger charge is 2.19. The zero-order chi connectivity index (χ0) is 15.5. The highest BCUT2D eigenvalue weighted by molar-refractivity contribution is 9.10. The largest absolute Gasteiger partial charge is 0.334 e. The van der Waals surface area contributed by atoms with Gasteiger partial charge in [0.15, 0.2) is 5.03 Å².